The molecule has 2 rings (SSSR count). The van der Waals surface area contributed by atoms with Crippen molar-refractivity contribution in [1.29, 1.82) is 0 Å². The van der Waals surface area contributed by atoms with Crippen molar-refractivity contribution >= 4 is 5.78 Å². The van der Waals surface area contributed by atoms with Crippen LogP contribution in [0.1, 0.15) is 0 Å². The number of Topliss-reactive ketones (excluding diaryl/α,β-unsaturated/α-hetero) is 1. The van der Waals surface area contributed by atoms with E-state index in [1.807, 2.05) is 0 Å². The van der Waals surface area contributed by atoms with Gasteiger partial charge in [-0.1, -0.05) is 6.08 Å². The Kier molecular flexibility index (Phi) is 3.89. The van der Waals surface area contributed by atoms with Gasteiger partial charge in [-0.2, -0.15) is 26.3 Å². The summed E-state index contributed by atoms with van der Waals surface area (Å²) in [6.45, 7) is 0. The molecule has 5 atom stereocenters. The van der Waals surface area contributed by atoms with Crippen LogP contribution in [0.3, 0.4) is 0 Å². The van der Waals surface area contributed by atoms with Gasteiger partial charge in [0, 0.05) is 11.8 Å². The Bertz CT molecular complexity index is 546. The van der Waals surface area contributed by atoms with Crippen LogP contribution in [-0.4, -0.2) is 40.6 Å². The normalized spacial score (nSPS) is 34.1. The Hall–Kier alpha value is -1.42. The fourth-order valence-corrected chi connectivity index (χ4v) is 2.72. The molecule has 0 aromatic rings. The van der Waals surface area contributed by atoms with Gasteiger partial charge in [-0.25, -0.2) is 4.39 Å². The summed E-state index contributed by atoms with van der Waals surface area (Å²) in [5.74, 6) is -8.90. The second kappa shape index (κ2) is 5.05. The summed E-state index contributed by atoms with van der Waals surface area (Å²) in [5, 5.41) is 18.8. The highest BCUT2D eigenvalue weighted by molar-refractivity contribution is 5.90. The average Bonchev–Trinajstić information content (AvgIpc) is 2.57. The van der Waals surface area contributed by atoms with Gasteiger partial charge in [0.05, 0.1) is 17.6 Å². The number of hydrogen-bond donors (Lipinski definition) is 2. The zero-order valence-electron chi connectivity index (χ0n) is 10.5. The van der Waals surface area contributed by atoms with Gasteiger partial charge in [0.1, 0.15) is 11.6 Å². The first-order chi connectivity index (χ1) is 9.85. The highest BCUT2D eigenvalue weighted by atomic mass is 19.4. The Morgan fingerprint density at radius 2 is 1.64 bits per heavy atom. The van der Waals surface area contributed by atoms with E-state index in [2.05, 4.69) is 0 Å². The molecule has 2 aliphatic rings. The number of allylic oxidation sites excluding steroid dienone is 3. The van der Waals surface area contributed by atoms with E-state index in [4.69, 9.17) is 5.11 Å². The average molecular weight is 334 g/mol. The molecule has 0 aromatic carbocycles. The fourth-order valence-electron chi connectivity index (χ4n) is 2.72. The van der Waals surface area contributed by atoms with Gasteiger partial charge in [-0.15, -0.1) is 0 Å². The Balaban J connectivity index is 2.41. The monoisotopic (exact) mass is 334 g/mol. The molecule has 0 heterocycles. The first-order valence-corrected chi connectivity index (χ1v) is 5.99. The largest absolute Gasteiger partial charge is 0.418 e. The highest BCUT2D eigenvalue weighted by Gasteiger charge is 2.59. The number of hydrogen-bond acceptors (Lipinski definition) is 3. The fraction of sp³-hybridized carbons (Fsp3) is 0.583. The molecule has 1 saturated carbocycles. The van der Waals surface area contributed by atoms with Gasteiger partial charge in [-0.05, 0) is 6.08 Å². The van der Waals surface area contributed by atoms with E-state index in [0.717, 1.165) is 0 Å². The molecule has 1 fully saturated rings. The van der Waals surface area contributed by atoms with Crippen LogP contribution < -0.4 is 0 Å². The van der Waals surface area contributed by atoms with Crippen molar-refractivity contribution in [2.24, 2.45) is 17.8 Å². The van der Waals surface area contributed by atoms with Crippen LogP contribution in [0, 0.1) is 17.8 Å². The third kappa shape index (κ3) is 2.65. The van der Waals surface area contributed by atoms with Crippen LogP contribution in [0.25, 0.3) is 0 Å². The topological polar surface area (TPSA) is 57.5 Å². The molecule has 0 bridgehead atoms. The smallest absolute Gasteiger partial charge is 0.392 e. The maximum atomic E-state index is 13.4. The molecule has 0 aromatic heterocycles. The van der Waals surface area contributed by atoms with E-state index in [9.17, 15) is 40.6 Å². The Morgan fingerprint density at radius 3 is 2.09 bits per heavy atom. The molecule has 0 spiro atoms. The lowest BCUT2D eigenvalue weighted by atomic mass is 9.86. The van der Waals surface area contributed by atoms with Gasteiger partial charge >= 0.3 is 12.4 Å². The number of aliphatic hydroxyl groups excluding tert-OH is 2. The minimum Gasteiger partial charge on any atom is -0.392 e. The van der Waals surface area contributed by atoms with E-state index >= 15 is 0 Å². The summed E-state index contributed by atoms with van der Waals surface area (Å²) in [6.07, 6.45) is -15.3. The van der Waals surface area contributed by atoms with Gasteiger partial charge in [-0.3, -0.25) is 4.79 Å². The predicted molar refractivity (Wildman–Crippen MR) is 56.9 cm³/mol. The first-order valence-electron chi connectivity index (χ1n) is 5.99. The third-order valence-corrected chi connectivity index (χ3v) is 3.76. The van der Waals surface area contributed by atoms with Crippen molar-refractivity contribution in [2.75, 3.05) is 0 Å². The van der Waals surface area contributed by atoms with E-state index in [0.29, 0.717) is 0 Å². The number of halogens is 7. The number of aliphatic hydroxyl groups is 2. The van der Waals surface area contributed by atoms with E-state index in [1.165, 1.54) is 0 Å². The summed E-state index contributed by atoms with van der Waals surface area (Å²) in [4.78, 5) is 11.8. The van der Waals surface area contributed by atoms with Gasteiger partial charge in [0.15, 0.2) is 6.10 Å². The SMILES string of the molecule is O=C1C2C=C(C(F)(F)F)C(F)=CC2C(O)C1C(O)C(F)(F)F. The maximum Gasteiger partial charge on any atom is 0.418 e. The van der Waals surface area contributed by atoms with Crippen LogP contribution in [0.4, 0.5) is 30.7 Å². The van der Waals surface area contributed by atoms with E-state index in [-0.39, 0.29) is 12.2 Å². The van der Waals surface area contributed by atoms with Crippen LogP contribution in [0.15, 0.2) is 23.6 Å². The zero-order valence-corrected chi connectivity index (χ0v) is 10.5. The molecule has 0 aliphatic heterocycles. The lowest BCUT2D eigenvalue weighted by molar-refractivity contribution is -0.225. The third-order valence-electron chi connectivity index (χ3n) is 3.76. The van der Waals surface area contributed by atoms with Crippen LogP contribution >= 0.6 is 0 Å². The van der Waals surface area contributed by atoms with Crippen LogP contribution in [-0.2, 0) is 4.79 Å². The molecule has 3 nitrogen and oxygen atoms in total. The standard InChI is InChI=1S/C12H9F7O3/c13-6-2-4-3(1-5(6)11(14,15)16)8(20)7(9(4)21)10(22)12(17,18)19/h1-4,7,9-10,21-22H. The number of carbonyl (C=O) groups excluding carboxylic acids is 1. The van der Waals surface area contributed by atoms with Crippen molar-refractivity contribution in [3.05, 3.63) is 23.6 Å². The van der Waals surface area contributed by atoms with E-state index in [1.54, 1.807) is 0 Å². The number of alkyl halides is 6. The van der Waals surface area contributed by atoms with Crippen molar-refractivity contribution < 1.29 is 45.7 Å². The van der Waals surface area contributed by atoms with Gasteiger partial charge in [0.25, 0.3) is 0 Å². The summed E-state index contributed by atoms with van der Waals surface area (Å²) < 4.78 is 88.5. The number of rotatable bonds is 1. The second-order valence-corrected chi connectivity index (χ2v) is 5.10. The van der Waals surface area contributed by atoms with Crippen molar-refractivity contribution in [1.82, 2.24) is 0 Å². The summed E-state index contributed by atoms with van der Waals surface area (Å²) in [6, 6.07) is 0. The molecule has 0 saturated heterocycles. The van der Waals surface area contributed by atoms with Crippen molar-refractivity contribution in [3.63, 3.8) is 0 Å². The van der Waals surface area contributed by atoms with Crippen molar-refractivity contribution in [3.8, 4) is 0 Å². The molecule has 0 amide bonds. The number of fused-ring (bicyclic) bond motifs is 1. The molecule has 0 radical (unpaired) electrons. The summed E-state index contributed by atoms with van der Waals surface area (Å²) >= 11 is 0. The Labute approximate surface area is 118 Å². The zero-order chi connectivity index (χ0) is 17.0. The van der Waals surface area contributed by atoms with Crippen molar-refractivity contribution in [2.45, 2.75) is 24.6 Å². The molecule has 22 heavy (non-hydrogen) atoms. The maximum absolute atomic E-state index is 13.4. The summed E-state index contributed by atoms with van der Waals surface area (Å²) in [5.41, 5.74) is -1.78. The molecule has 2 N–H and O–H groups in total. The lowest BCUT2D eigenvalue weighted by Gasteiger charge is -2.24. The Morgan fingerprint density at radius 1 is 1.09 bits per heavy atom. The quantitative estimate of drug-likeness (QED) is 0.722. The van der Waals surface area contributed by atoms with Crippen LogP contribution in [0.2, 0.25) is 0 Å². The molecule has 5 unspecified atom stereocenters. The molecular formula is C12H9F7O3. The highest BCUT2D eigenvalue weighted by Crippen LogP contribution is 2.47. The first kappa shape index (κ1) is 16.9. The van der Waals surface area contributed by atoms with Crippen LogP contribution in [0.5, 0.6) is 0 Å². The molecule has 124 valence electrons. The number of carbonyl (C=O) groups is 1. The lowest BCUT2D eigenvalue weighted by Crippen LogP contribution is -2.43. The minimum absolute atomic E-state index is 0.161. The molecule has 10 heteroatoms. The van der Waals surface area contributed by atoms with Gasteiger partial charge < -0.3 is 10.2 Å². The minimum atomic E-state index is -5.24. The molecule has 2 aliphatic carbocycles. The van der Waals surface area contributed by atoms with E-state index < -0.39 is 59.5 Å². The molecular weight excluding hydrogens is 325 g/mol. The number of ketones is 1. The second-order valence-electron chi connectivity index (χ2n) is 5.10. The predicted octanol–water partition coefficient (Wildman–Crippen LogP) is 2.06. The van der Waals surface area contributed by atoms with Gasteiger partial charge in [0.2, 0.25) is 0 Å². The summed E-state index contributed by atoms with van der Waals surface area (Å²) in [7, 11) is 0.